The number of piperazine rings is 1. The molecule has 118 valence electrons. The van der Waals surface area contributed by atoms with Crippen LogP contribution in [0, 0.1) is 6.92 Å². The number of rotatable bonds is 5. The first-order valence-corrected chi connectivity index (χ1v) is 7.45. The maximum Gasteiger partial charge on any atom is 0.137 e. The molecular formula is C14H21N7O. The van der Waals surface area contributed by atoms with Crippen LogP contribution in [0.25, 0.3) is 0 Å². The minimum Gasteiger partial charge on any atom is -0.395 e. The molecule has 1 fully saturated rings. The van der Waals surface area contributed by atoms with Gasteiger partial charge in [-0.05, 0) is 6.92 Å². The lowest BCUT2D eigenvalue weighted by molar-refractivity contribution is 0.188. The van der Waals surface area contributed by atoms with E-state index < -0.39 is 0 Å². The van der Waals surface area contributed by atoms with E-state index in [9.17, 15) is 0 Å². The van der Waals surface area contributed by atoms with Crippen LogP contribution < -0.4 is 10.2 Å². The van der Waals surface area contributed by atoms with E-state index in [2.05, 4.69) is 35.3 Å². The van der Waals surface area contributed by atoms with Crippen molar-refractivity contribution in [2.45, 2.75) is 6.92 Å². The van der Waals surface area contributed by atoms with Crippen molar-refractivity contribution in [2.75, 3.05) is 49.5 Å². The van der Waals surface area contributed by atoms with Gasteiger partial charge in [-0.1, -0.05) is 0 Å². The van der Waals surface area contributed by atoms with E-state index in [1.807, 2.05) is 19.1 Å². The fourth-order valence-electron chi connectivity index (χ4n) is 2.58. The lowest BCUT2D eigenvalue weighted by Gasteiger charge is -2.35. The highest BCUT2D eigenvalue weighted by Crippen LogP contribution is 2.19. The van der Waals surface area contributed by atoms with Crippen LogP contribution in [0.1, 0.15) is 5.82 Å². The highest BCUT2D eigenvalue weighted by atomic mass is 16.3. The van der Waals surface area contributed by atoms with Gasteiger partial charge in [0, 0.05) is 44.9 Å². The lowest BCUT2D eigenvalue weighted by Crippen LogP contribution is -2.47. The van der Waals surface area contributed by atoms with Crippen molar-refractivity contribution in [3.63, 3.8) is 0 Å². The van der Waals surface area contributed by atoms with Crippen LogP contribution in [0.2, 0.25) is 0 Å². The lowest BCUT2D eigenvalue weighted by atomic mass is 10.3. The third-order valence-corrected chi connectivity index (χ3v) is 3.70. The Balaban J connectivity index is 1.70. The minimum absolute atomic E-state index is 0.213. The number of nitrogens with zero attached hydrogens (tertiary/aromatic N) is 5. The van der Waals surface area contributed by atoms with Gasteiger partial charge in [-0.25, -0.2) is 9.97 Å². The monoisotopic (exact) mass is 303 g/mol. The SMILES string of the molecule is Cc1nc(Nc2ccn[nH]2)cc(N2CCN(CCO)CC2)n1. The third kappa shape index (κ3) is 3.52. The summed E-state index contributed by atoms with van der Waals surface area (Å²) in [6, 6.07) is 3.81. The Labute approximate surface area is 129 Å². The predicted molar refractivity (Wildman–Crippen MR) is 84.4 cm³/mol. The molecule has 0 atom stereocenters. The Morgan fingerprint density at radius 1 is 1.27 bits per heavy atom. The van der Waals surface area contributed by atoms with E-state index in [1.54, 1.807) is 6.20 Å². The maximum absolute atomic E-state index is 9.00. The first kappa shape index (κ1) is 14.7. The number of anilines is 3. The van der Waals surface area contributed by atoms with E-state index >= 15 is 0 Å². The fraction of sp³-hybridized carbons (Fsp3) is 0.500. The number of aromatic nitrogens is 4. The van der Waals surface area contributed by atoms with Crippen molar-refractivity contribution in [2.24, 2.45) is 0 Å². The molecule has 1 aliphatic rings. The first-order chi connectivity index (χ1) is 10.7. The van der Waals surface area contributed by atoms with Crippen molar-refractivity contribution < 1.29 is 5.11 Å². The van der Waals surface area contributed by atoms with Crippen molar-refractivity contribution in [1.82, 2.24) is 25.1 Å². The van der Waals surface area contributed by atoms with Gasteiger partial charge in [0.15, 0.2) is 0 Å². The van der Waals surface area contributed by atoms with Gasteiger partial charge in [0.1, 0.15) is 23.3 Å². The Bertz CT molecular complexity index is 593. The normalized spacial score (nSPS) is 16.0. The summed E-state index contributed by atoms with van der Waals surface area (Å²) in [7, 11) is 0. The van der Waals surface area contributed by atoms with Crippen LogP contribution in [0.4, 0.5) is 17.5 Å². The Morgan fingerprint density at radius 3 is 2.77 bits per heavy atom. The van der Waals surface area contributed by atoms with Crippen LogP contribution >= 0.6 is 0 Å². The third-order valence-electron chi connectivity index (χ3n) is 3.70. The van der Waals surface area contributed by atoms with Crippen molar-refractivity contribution in [1.29, 1.82) is 0 Å². The first-order valence-electron chi connectivity index (χ1n) is 7.45. The number of β-amino-alcohol motifs (C(OH)–C–C–N with tert-alkyl or cyclic N) is 1. The molecule has 8 nitrogen and oxygen atoms in total. The molecule has 0 unspecified atom stereocenters. The molecule has 1 saturated heterocycles. The second-order valence-electron chi connectivity index (χ2n) is 5.31. The quantitative estimate of drug-likeness (QED) is 0.734. The molecule has 22 heavy (non-hydrogen) atoms. The second-order valence-corrected chi connectivity index (χ2v) is 5.31. The second kappa shape index (κ2) is 6.71. The number of aliphatic hydroxyl groups excluding tert-OH is 1. The molecular weight excluding hydrogens is 282 g/mol. The number of hydrogen-bond donors (Lipinski definition) is 3. The zero-order valence-electron chi connectivity index (χ0n) is 12.7. The van der Waals surface area contributed by atoms with Crippen molar-refractivity contribution in [3.8, 4) is 0 Å². The van der Waals surface area contributed by atoms with Crippen LogP contribution in [-0.4, -0.2) is 69.5 Å². The predicted octanol–water partition coefficient (Wildman–Crippen LogP) is 0.366. The molecule has 3 N–H and O–H groups in total. The summed E-state index contributed by atoms with van der Waals surface area (Å²) in [5.74, 6) is 3.22. The van der Waals surface area contributed by atoms with Crippen molar-refractivity contribution >= 4 is 17.5 Å². The molecule has 2 aromatic heterocycles. The molecule has 0 aromatic carbocycles. The minimum atomic E-state index is 0.213. The largest absolute Gasteiger partial charge is 0.395 e. The van der Waals surface area contributed by atoms with Crippen LogP contribution in [-0.2, 0) is 0 Å². The summed E-state index contributed by atoms with van der Waals surface area (Å²) >= 11 is 0. The highest BCUT2D eigenvalue weighted by Gasteiger charge is 2.18. The molecule has 3 heterocycles. The van der Waals surface area contributed by atoms with Gasteiger partial charge in [-0.3, -0.25) is 10.00 Å². The molecule has 2 aromatic rings. The Kier molecular flexibility index (Phi) is 4.50. The van der Waals surface area contributed by atoms with Crippen LogP contribution in [0.15, 0.2) is 18.3 Å². The topological polar surface area (TPSA) is 93.2 Å². The van der Waals surface area contributed by atoms with Gasteiger partial charge in [-0.2, -0.15) is 5.10 Å². The molecule has 0 radical (unpaired) electrons. The summed E-state index contributed by atoms with van der Waals surface area (Å²) < 4.78 is 0. The molecule has 3 rings (SSSR count). The zero-order chi connectivity index (χ0) is 15.4. The zero-order valence-corrected chi connectivity index (χ0v) is 12.7. The van der Waals surface area contributed by atoms with Gasteiger partial charge in [0.25, 0.3) is 0 Å². The molecule has 1 aliphatic heterocycles. The number of hydrogen-bond acceptors (Lipinski definition) is 7. The molecule has 0 spiro atoms. The van der Waals surface area contributed by atoms with Gasteiger partial charge >= 0.3 is 0 Å². The van der Waals surface area contributed by atoms with Crippen LogP contribution in [0.3, 0.4) is 0 Å². The maximum atomic E-state index is 9.00. The van der Waals surface area contributed by atoms with E-state index in [0.717, 1.165) is 56.0 Å². The summed E-state index contributed by atoms with van der Waals surface area (Å²) in [4.78, 5) is 13.5. The molecule has 0 bridgehead atoms. The molecule has 8 heteroatoms. The summed E-state index contributed by atoms with van der Waals surface area (Å²) in [6.07, 6.45) is 1.69. The Hall–Kier alpha value is -2.19. The van der Waals surface area contributed by atoms with Gasteiger partial charge in [0.05, 0.1) is 12.8 Å². The average molecular weight is 303 g/mol. The number of aryl methyl sites for hydroxylation is 1. The fourth-order valence-corrected chi connectivity index (χ4v) is 2.58. The van der Waals surface area contributed by atoms with E-state index in [0.29, 0.717) is 0 Å². The van der Waals surface area contributed by atoms with Crippen molar-refractivity contribution in [3.05, 3.63) is 24.2 Å². The Morgan fingerprint density at radius 2 is 2.09 bits per heavy atom. The summed E-state index contributed by atoms with van der Waals surface area (Å²) in [5, 5.41) is 19.0. The summed E-state index contributed by atoms with van der Waals surface area (Å²) in [5.41, 5.74) is 0. The molecule has 0 amide bonds. The van der Waals surface area contributed by atoms with Gasteiger partial charge in [-0.15, -0.1) is 0 Å². The standard InChI is InChI=1S/C14H21N7O/c1-11-16-13(18-12-2-3-15-19-12)10-14(17-11)21-6-4-20(5-7-21)8-9-22/h2-3,10,22H,4-9H2,1H3,(H2,15,16,17,18,19). The van der Waals surface area contributed by atoms with E-state index in [4.69, 9.17) is 5.11 Å². The van der Waals surface area contributed by atoms with E-state index in [1.165, 1.54) is 0 Å². The van der Waals surface area contributed by atoms with Gasteiger partial charge < -0.3 is 15.3 Å². The molecule has 0 saturated carbocycles. The molecule has 0 aliphatic carbocycles. The number of aliphatic hydroxyl groups is 1. The number of aromatic amines is 1. The summed E-state index contributed by atoms with van der Waals surface area (Å²) in [6.45, 7) is 6.53. The highest BCUT2D eigenvalue weighted by molar-refractivity contribution is 5.56. The van der Waals surface area contributed by atoms with E-state index in [-0.39, 0.29) is 6.61 Å². The average Bonchev–Trinajstić information content (AvgIpc) is 3.01. The van der Waals surface area contributed by atoms with Crippen LogP contribution in [0.5, 0.6) is 0 Å². The number of nitrogens with one attached hydrogen (secondary N) is 2. The number of H-pyrrole nitrogens is 1. The smallest absolute Gasteiger partial charge is 0.137 e. The van der Waals surface area contributed by atoms with Gasteiger partial charge in [0.2, 0.25) is 0 Å².